The highest BCUT2D eigenvalue weighted by Crippen LogP contribution is 2.44. The molecule has 0 aromatic heterocycles. The summed E-state index contributed by atoms with van der Waals surface area (Å²) < 4.78 is 0. The molecule has 1 heteroatoms. The second kappa shape index (κ2) is 6.75. The first-order valence-corrected chi connectivity index (χ1v) is 8.57. The average molecular weight is 309 g/mol. The molecule has 1 aromatic carbocycles. The normalized spacial score (nSPS) is 21.2. The fourth-order valence-electron chi connectivity index (χ4n) is 3.61. The van der Waals surface area contributed by atoms with Crippen LogP contribution < -0.4 is 0 Å². The molecule has 1 fully saturated rings. The van der Waals surface area contributed by atoms with Gasteiger partial charge in [-0.3, -0.25) is 0 Å². The van der Waals surface area contributed by atoms with Gasteiger partial charge in [0.15, 0.2) is 0 Å². The number of hydrogen-bond donors (Lipinski definition) is 0. The molecule has 0 radical (unpaired) electrons. The lowest BCUT2D eigenvalue weighted by atomic mass is 9.67. The van der Waals surface area contributed by atoms with Gasteiger partial charge in [-0.1, -0.05) is 78.9 Å². The number of hydrogen-bond acceptors (Lipinski definition) is 0. The van der Waals surface area contributed by atoms with E-state index in [0.717, 1.165) is 11.2 Å². The van der Waals surface area contributed by atoms with Crippen LogP contribution in [0.2, 0.25) is 0 Å². The first-order chi connectivity index (χ1) is 8.83. The summed E-state index contributed by atoms with van der Waals surface area (Å²) >= 11 is 3.83. The maximum Gasteiger partial charge on any atom is 0.0131 e. The van der Waals surface area contributed by atoms with Gasteiger partial charge in [-0.2, -0.15) is 0 Å². The highest BCUT2D eigenvalue weighted by Gasteiger charge is 2.37. The first-order valence-electron chi connectivity index (χ1n) is 7.45. The summed E-state index contributed by atoms with van der Waals surface area (Å²) in [5, 5.41) is 1.10. The summed E-state index contributed by atoms with van der Waals surface area (Å²) in [6.07, 6.45) is 9.79. The zero-order valence-corrected chi connectivity index (χ0v) is 13.1. The van der Waals surface area contributed by atoms with E-state index in [9.17, 15) is 0 Å². The molecule has 1 atom stereocenters. The molecule has 0 spiro atoms. The van der Waals surface area contributed by atoms with E-state index in [-0.39, 0.29) is 0 Å². The Morgan fingerprint density at radius 2 is 1.67 bits per heavy atom. The van der Waals surface area contributed by atoms with Gasteiger partial charge < -0.3 is 0 Å². The molecule has 0 saturated heterocycles. The average Bonchev–Trinajstić information content (AvgIpc) is 2.72. The maximum atomic E-state index is 3.83. The zero-order chi connectivity index (χ0) is 12.8. The van der Waals surface area contributed by atoms with Crippen molar-refractivity contribution in [1.82, 2.24) is 0 Å². The Hall–Kier alpha value is -0.300. The Balaban J connectivity index is 2.30. The molecule has 0 nitrogen and oxygen atoms in total. The molecular weight excluding hydrogens is 284 g/mol. The fourth-order valence-corrected chi connectivity index (χ4v) is 4.79. The highest BCUT2D eigenvalue weighted by molar-refractivity contribution is 9.09. The van der Waals surface area contributed by atoms with Crippen LogP contribution in [0.15, 0.2) is 30.3 Å². The predicted octanol–water partition coefficient (Wildman–Crippen LogP) is 5.70. The van der Waals surface area contributed by atoms with E-state index in [0.29, 0.717) is 5.41 Å². The van der Waals surface area contributed by atoms with Crippen LogP contribution in [-0.4, -0.2) is 5.33 Å². The third-order valence-corrected chi connectivity index (χ3v) is 5.86. The van der Waals surface area contributed by atoms with Crippen LogP contribution in [0.1, 0.15) is 57.4 Å². The molecule has 0 heterocycles. The number of halogens is 1. The van der Waals surface area contributed by atoms with Crippen LogP contribution in [0.4, 0.5) is 0 Å². The van der Waals surface area contributed by atoms with Gasteiger partial charge in [-0.05, 0) is 30.7 Å². The van der Waals surface area contributed by atoms with Gasteiger partial charge in [0, 0.05) is 10.7 Å². The Bertz CT molecular complexity index is 332. The minimum Gasteiger partial charge on any atom is -0.0918 e. The Morgan fingerprint density at radius 3 is 2.17 bits per heavy atom. The van der Waals surface area contributed by atoms with E-state index in [1.807, 2.05) is 0 Å². The van der Waals surface area contributed by atoms with Gasteiger partial charge in [0.05, 0.1) is 0 Å². The molecule has 1 unspecified atom stereocenters. The molecule has 1 saturated carbocycles. The van der Waals surface area contributed by atoms with Crippen LogP contribution in [0, 0.1) is 5.92 Å². The number of benzene rings is 1. The summed E-state index contributed by atoms with van der Waals surface area (Å²) in [5.41, 5.74) is 1.89. The van der Waals surface area contributed by atoms with Crippen LogP contribution in [0.5, 0.6) is 0 Å². The monoisotopic (exact) mass is 308 g/mol. The quantitative estimate of drug-likeness (QED) is 0.494. The Kier molecular flexibility index (Phi) is 5.29. The van der Waals surface area contributed by atoms with Crippen molar-refractivity contribution in [2.45, 2.75) is 57.3 Å². The van der Waals surface area contributed by atoms with E-state index in [1.54, 1.807) is 0 Å². The molecule has 1 aliphatic rings. The van der Waals surface area contributed by atoms with Gasteiger partial charge in [-0.25, -0.2) is 0 Å². The fraction of sp³-hybridized carbons (Fsp3) is 0.647. The van der Waals surface area contributed by atoms with Crippen molar-refractivity contribution in [1.29, 1.82) is 0 Å². The SMILES string of the molecule is CCC(CBr)(c1ccccc1)C1CCCCCC1. The molecule has 0 N–H and O–H groups in total. The highest BCUT2D eigenvalue weighted by atomic mass is 79.9. The Labute approximate surface area is 120 Å². The lowest BCUT2D eigenvalue weighted by Crippen LogP contribution is -2.36. The van der Waals surface area contributed by atoms with Gasteiger partial charge in [0.1, 0.15) is 0 Å². The van der Waals surface area contributed by atoms with Crippen molar-refractivity contribution in [2.75, 3.05) is 5.33 Å². The van der Waals surface area contributed by atoms with Crippen LogP contribution >= 0.6 is 15.9 Å². The molecule has 1 aromatic rings. The second-order valence-corrected chi connectivity index (χ2v) is 6.26. The molecule has 0 amide bonds. The van der Waals surface area contributed by atoms with E-state index in [4.69, 9.17) is 0 Å². The van der Waals surface area contributed by atoms with Crippen molar-refractivity contribution in [3.8, 4) is 0 Å². The maximum absolute atomic E-state index is 3.83. The molecule has 18 heavy (non-hydrogen) atoms. The largest absolute Gasteiger partial charge is 0.0918 e. The van der Waals surface area contributed by atoms with Crippen molar-refractivity contribution in [3.05, 3.63) is 35.9 Å². The van der Waals surface area contributed by atoms with Gasteiger partial charge in [0.25, 0.3) is 0 Å². The summed E-state index contributed by atoms with van der Waals surface area (Å²) in [4.78, 5) is 0. The second-order valence-electron chi connectivity index (χ2n) is 5.70. The molecule has 0 aliphatic heterocycles. The van der Waals surface area contributed by atoms with Gasteiger partial charge in [0.2, 0.25) is 0 Å². The Morgan fingerprint density at radius 1 is 1.06 bits per heavy atom. The van der Waals surface area contributed by atoms with Crippen molar-refractivity contribution < 1.29 is 0 Å². The minimum atomic E-state index is 0.353. The van der Waals surface area contributed by atoms with Crippen molar-refractivity contribution in [2.24, 2.45) is 5.92 Å². The lowest BCUT2D eigenvalue weighted by molar-refractivity contribution is 0.259. The summed E-state index contributed by atoms with van der Waals surface area (Å²) in [7, 11) is 0. The standard InChI is InChI=1S/C17H25Br/c1-2-17(14-18,16-12-8-5-9-13-16)15-10-6-3-4-7-11-15/h5,8-9,12-13,15H,2-4,6-7,10-11,14H2,1H3. The van der Waals surface area contributed by atoms with E-state index in [2.05, 4.69) is 53.2 Å². The van der Waals surface area contributed by atoms with Gasteiger partial charge in [-0.15, -0.1) is 0 Å². The third kappa shape index (κ3) is 2.82. The number of alkyl halides is 1. The summed E-state index contributed by atoms with van der Waals surface area (Å²) in [6, 6.07) is 11.2. The molecule has 1 aliphatic carbocycles. The smallest absolute Gasteiger partial charge is 0.0131 e. The molecule has 2 rings (SSSR count). The third-order valence-electron chi connectivity index (χ3n) is 4.85. The predicted molar refractivity (Wildman–Crippen MR) is 83.4 cm³/mol. The lowest BCUT2D eigenvalue weighted by Gasteiger charge is -2.39. The molecular formula is C17H25Br. The van der Waals surface area contributed by atoms with Crippen LogP contribution in [0.3, 0.4) is 0 Å². The zero-order valence-electron chi connectivity index (χ0n) is 11.5. The van der Waals surface area contributed by atoms with Crippen LogP contribution in [0.25, 0.3) is 0 Å². The molecule has 100 valence electrons. The van der Waals surface area contributed by atoms with Crippen molar-refractivity contribution >= 4 is 15.9 Å². The number of rotatable bonds is 4. The first kappa shape index (κ1) is 14.1. The van der Waals surface area contributed by atoms with Gasteiger partial charge >= 0.3 is 0 Å². The summed E-state index contributed by atoms with van der Waals surface area (Å²) in [6.45, 7) is 2.36. The van der Waals surface area contributed by atoms with Crippen LogP contribution in [-0.2, 0) is 5.41 Å². The summed E-state index contributed by atoms with van der Waals surface area (Å²) in [5.74, 6) is 0.853. The van der Waals surface area contributed by atoms with E-state index < -0.39 is 0 Å². The minimum absolute atomic E-state index is 0.353. The van der Waals surface area contributed by atoms with E-state index >= 15 is 0 Å². The topological polar surface area (TPSA) is 0 Å². The van der Waals surface area contributed by atoms with E-state index in [1.165, 1.54) is 50.5 Å². The molecule has 0 bridgehead atoms. The van der Waals surface area contributed by atoms with Crippen molar-refractivity contribution in [3.63, 3.8) is 0 Å².